The minimum absolute atomic E-state index is 0.335. The van der Waals surface area contributed by atoms with E-state index in [0.717, 1.165) is 29.9 Å². The van der Waals surface area contributed by atoms with Crippen LogP contribution in [-0.2, 0) is 6.54 Å². The molecule has 1 saturated carbocycles. The van der Waals surface area contributed by atoms with E-state index in [2.05, 4.69) is 0 Å². The molecule has 0 heterocycles. The molecular formula is C13H19NO2. The summed E-state index contributed by atoms with van der Waals surface area (Å²) in [6, 6.07) is 5.86. The van der Waals surface area contributed by atoms with Crippen LogP contribution in [0.5, 0.6) is 11.5 Å². The highest BCUT2D eigenvalue weighted by atomic mass is 16.5. The van der Waals surface area contributed by atoms with Gasteiger partial charge in [0.15, 0.2) is 11.5 Å². The zero-order valence-electron chi connectivity index (χ0n) is 9.74. The fourth-order valence-electron chi connectivity index (χ4n) is 2.19. The second kappa shape index (κ2) is 5.21. The van der Waals surface area contributed by atoms with Crippen LogP contribution in [-0.4, -0.2) is 13.2 Å². The maximum absolute atomic E-state index is 6.01. The van der Waals surface area contributed by atoms with E-state index in [0.29, 0.717) is 12.6 Å². The number of benzene rings is 1. The first-order chi connectivity index (χ1) is 7.85. The van der Waals surface area contributed by atoms with E-state index in [-0.39, 0.29) is 0 Å². The van der Waals surface area contributed by atoms with Gasteiger partial charge in [-0.05, 0) is 31.7 Å². The number of nitrogens with two attached hydrogens (primary N) is 1. The van der Waals surface area contributed by atoms with Crippen LogP contribution in [0, 0.1) is 0 Å². The molecule has 2 N–H and O–H groups in total. The van der Waals surface area contributed by atoms with Gasteiger partial charge in [-0.15, -0.1) is 0 Å². The van der Waals surface area contributed by atoms with Crippen molar-refractivity contribution >= 4 is 0 Å². The number of para-hydroxylation sites is 1. The normalized spacial score (nSPS) is 16.4. The van der Waals surface area contributed by atoms with Gasteiger partial charge in [-0.3, -0.25) is 0 Å². The van der Waals surface area contributed by atoms with E-state index >= 15 is 0 Å². The van der Waals surface area contributed by atoms with Crippen molar-refractivity contribution in [2.45, 2.75) is 38.3 Å². The predicted molar refractivity (Wildman–Crippen MR) is 63.8 cm³/mol. The number of methoxy groups -OCH3 is 1. The lowest BCUT2D eigenvalue weighted by molar-refractivity contribution is 0.198. The Hall–Kier alpha value is -1.22. The van der Waals surface area contributed by atoms with Gasteiger partial charge in [-0.1, -0.05) is 12.1 Å². The van der Waals surface area contributed by atoms with Crippen molar-refractivity contribution in [1.82, 2.24) is 0 Å². The fraction of sp³-hybridized carbons (Fsp3) is 0.538. The lowest BCUT2D eigenvalue weighted by atomic mass is 10.2. The summed E-state index contributed by atoms with van der Waals surface area (Å²) < 4.78 is 11.3. The molecule has 0 atom stereocenters. The zero-order valence-corrected chi connectivity index (χ0v) is 9.74. The lowest BCUT2D eigenvalue weighted by Crippen LogP contribution is -2.14. The van der Waals surface area contributed by atoms with Gasteiger partial charge in [0, 0.05) is 12.1 Å². The van der Waals surface area contributed by atoms with E-state index < -0.39 is 0 Å². The second-order valence-corrected chi connectivity index (χ2v) is 4.18. The lowest BCUT2D eigenvalue weighted by Gasteiger charge is -2.18. The van der Waals surface area contributed by atoms with Crippen molar-refractivity contribution in [3.63, 3.8) is 0 Å². The summed E-state index contributed by atoms with van der Waals surface area (Å²) in [7, 11) is 1.66. The monoisotopic (exact) mass is 221 g/mol. The Bertz CT molecular complexity index is 324. The molecule has 0 aromatic heterocycles. The van der Waals surface area contributed by atoms with Crippen LogP contribution in [0.3, 0.4) is 0 Å². The summed E-state index contributed by atoms with van der Waals surface area (Å²) in [6.07, 6.45) is 5.14. The highest BCUT2D eigenvalue weighted by Gasteiger charge is 2.19. The molecule has 1 fully saturated rings. The van der Waals surface area contributed by atoms with E-state index in [9.17, 15) is 0 Å². The predicted octanol–water partition coefficient (Wildman–Crippen LogP) is 2.48. The molecule has 0 radical (unpaired) electrons. The summed E-state index contributed by atoms with van der Waals surface area (Å²) in [4.78, 5) is 0. The molecule has 0 saturated heterocycles. The van der Waals surface area contributed by atoms with Crippen LogP contribution >= 0.6 is 0 Å². The number of hydrogen-bond donors (Lipinski definition) is 1. The van der Waals surface area contributed by atoms with Crippen molar-refractivity contribution < 1.29 is 9.47 Å². The van der Waals surface area contributed by atoms with Crippen molar-refractivity contribution in [3.8, 4) is 11.5 Å². The van der Waals surface area contributed by atoms with Gasteiger partial charge in [0.05, 0.1) is 13.2 Å². The molecule has 0 unspecified atom stereocenters. The first-order valence-corrected chi connectivity index (χ1v) is 5.87. The highest BCUT2D eigenvalue weighted by Crippen LogP contribution is 2.34. The van der Waals surface area contributed by atoms with Crippen LogP contribution < -0.4 is 15.2 Å². The summed E-state index contributed by atoms with van der Waals surface area (Å²) >= 11 is 0. The van der Waals surface area contributed by atoms with Gasteiger partial charge in [-0.25, -0.2) is 0 Å². The van der Waals surface area contributed by atoms with E-state index in [1.54, 1.807) is 7.11 Å². The minimum atomic E-state index is 0.335. The molecular weight excluding hydrogens is 202 g/mol. The van der Waals surface area contributed by atoms with Gasteiger partial charge in [0.25, 0.3) is 0 Å². The van der Waals surface area contributed by atoms with E-state index in [1.807, 2.05) is 18.2 Å². The number of ether oxygens (including phenoxy) is 2. The Balaban J connectivity index is 2.21. The number of rotatable bonds is 4. The zero-order chi connectivity index (χ0) is 11.4. The minimum Gasteiger partial charge on any atom is -0.493 e. The molecule has 88 valence electrons. The summed E-state index contributed by atoms with van der Waals surface area (Å²) in [5.41, 5.74) is 6.73. The molecule has 1 aromatic rings. The Morgan fingerprint density at radius 2 is 2.06 bits per heavy atom. The average molecular weight is 221 g/mol. The molecule has 1 aliphatic rings. The quantitative estimate of drug-likeness (QED) is 0.849. The standard InChI is InChI=1S/C13H19NO2/c1-15-12-8-4-5-10(9-14)13(12)16-11-6-2-3-7-11/h4-5,8,11H,2-3,6-7,9,14H2,1H3. The molecule has 3 heteroatoms. The summed E-state index contributed by atoms with van der Waals surface area (Å²) in [6.45, 7) is 0.485. The van der Waals surface area contributed by atoms with Crippen LogP contribution in [0.25, 0.3) is 0 Å². The number of hydrogen-bond acceptors (Lipinski definition) is 3. The van der Waals surface area contributed by atoms with Gasteiger partial charge in [0.1, 0.15) is 0 Å². The maximum Gasteiger partial charge on any atom is 0.166 e. The first kappa shape index (κ1) is 11.3. The molecule has 0 bridgehead atoms. The van der Waals surface area contributed by atoms with Gasteiger partial charge in [0.2, 0.25) is 0 Å². The molecule has 1 aromatic carbocycles. The van der Waals surface area contributed by atoms with Crippen molar-refractivity contribution in [1.29, 1.82) is 0 Å². The van der Waals surface area contributed by atoms with Crippen molar-refractivity contribution in [2.75, 3.05) is 7.11 Å². The third kappa shape index (κ3) is 2.30. The molecule has 16 heavy (non-hydrogen) atoms. The first-order valence-electron chi connectivity index (χ1n) is 5.87. The van der Waals surface area contributed by atoms with Crippen LogP contribution in [0.15, 0.2) is 18.2 Å². The molecule has 0 spiro atoms. The fourth-order valence-corrected chi connectivity index (χ4v) is 2.19. The SMILES string of the molecule is COc1cccc(CN)c1OC1CCCC1. The van der Waals surface area contributed by atoms with Gasteiger partial charge in [-0.2, -0.15) is 0 Å². The van der Waals surface area contributed by atoms with Crippen LogP contribution in [0.1, 0.15) is 31.2 Å². The smallest absolute Gasteiger partial charge is 0.166 e. The van der Waals surface area contributed by atoms with E-state index in [4.69, 9.17) is 15.2 Å². The van der Waals surface area contributed by atoms with E-state index in [1.165, 1.54) is 12.8 Å². The van der Waals surface area contributed by atoms with Gasteiger partial charge >= 0.3 is 0 Å². The topological polar surface area (TPSA) is 44.5 Å². The summed E-state index contributed by atoms with van der Waals surface area (Å²) in [5, 5.41) is 0. The molecule has 0 aliphatic heterocycles. The van der Waals surface area contributed by atoms with Crippen LogP contribution in [0.2, 0.25) is 0 Å². The molecule has 1 aliphatic carbocycles. The molecule has 3 nitrogen and oxygen atoms in total. The maximum atomic E-state index is 6.01. The highest BCUT2D eigenvalue weighted by molar-refractivity contribution is 5.46. The van der Waals surface area contributed by atoms with Crippen LogP contribution in [0.4, 0.5) is 0 Å². The second-order valence-electron chi connectivity index (χ2n) is 4.18. The van der Waals surface area contributed by atoms with Crippen molar-refractivity contribution in [3.05, 3.63) is 23.8 Å². The Kier molecular flexibility index (Phi) is 3.67. The largest absolute Gasteiger partial charge is 0.493 e. The van der Waals surface area contributed by atoms with Gasteiger partial charge < -0.3 is 15.2 Å². The molecule has 0 amide bonds. The third-order valence-corrected chi connectivity index (χ3v) is 3.09. The molecule has 2 rings (SSSR count). The summed E-state index contributed by atoms with van der Waals surface area (Å²) in [5.74, 6) is 1.62. The third-order valence-electron chi connectivity index (χ3n) is 3.09. The Morgan fingerprint density at radius 3 is 2.69 bits per heavy atom. The Morgan fingerprint density at radius 1 is 1.31 bits per heavy atom. The average Bonchev–Trinajstić information content (AvgIpc) is 2.82. The van der Waals surface area contributed by atoms with Crippen molar-refractivity contribution in [2.24, 2.45) is 5.73 Å². The Labute approximate surface area is 96.5 Å².